The number of aryl methyl sites for hydroxylation is 1. The number of rotatable bonds is 5. The van der Waals surface area contributed by atoms with Gasteiger partial charge in [-0.3, -0.25) is 4.79 Å². The maximum absolute atomic E-state index is 12.2. The Balaban J connectivity index is 2.95. The molecule has 0 spiro atoms. The smallest absolute Gasteiger partial charge is 0.241 e. The van der Waals surface area contributed by atoms with Crippen LogP contribution in [0.25, 0.3) is 0 Å². The highest BCUT2D eigenvalue weighted by molar-refractivity contribution is 9.10. The number of benzene rings is 1. The standard InChI is InChI=1S/C12H18BrN3O3S/c1-4-16(3)12(17)7-15-20(18,19)11-6-10(14)9(13)5-8(11)2/h5-6,15H,4,7,14H2,1-3H3. The Bertz CT molecular complexity index is 617. The summed E-state index contributed by atoms with van der Waals surface area (Å²) in [6.07, 6.45) is 0. The summed E-state index contributed by atoms with van der Waals surface area (Å²) in [5, 5.41) is 0. The summed E-state index contributed by atoms with van der Waals surface area (Å²) >= 11 is 3.24. The van der Waals surface area contributed by atoms with Crippen LogP contribution in [-0.4, -0.2) is 39.4 Å². The number of nitrogens with zero attached hydrogens (tertiary/aromatic N) is 1. The molecular formula is C12H18BrN3O3S. The minimum atomic E-state index is -3.77. The molecule has 0 fully saturated rings. The summed E-state index contributed by atoms with van der Waals surface area (Å²) in [5.74, 6) is -0.293. The molecule has 0 aliphatic rings. The van der Waals surface area contributed by atoms with E-state index in [1.807, 2.05) is 6.92 Å². The first kappa shape index (κ1) is 16.9. The van der Waals surface area contributed by atoms with Gasteiger partial charge in [0.25, 0.3) is 0 Å². The van der Waals surface area contributed by atoms with E-state index in [1.54, 1.807) is 20.0 Å². The maximum Gasteiger partial charge on any atom is 0.241 e. The molecule has 0 unspecified atom stereocenters. The molecule has 8 heteroatoms. The molecule has 0 saturated carbocycles. The summed E-state index contributed by atoms with van der Waals surface area (Å²) in [6.45, 7) is 3.72. The van der Waals surface area contributed by atoms with E-state index in [0.717, 1.165) is 0 Å². The largest absolute Gasteiger partial charge is 0.398 e. The third-order valence-electron chi connectivity index (χ3n) is 2.90. The van der Waals surface area contributed by atoms with E-state index in [4.69, 9.17) is 5.73 Å². The Morgan fingerprint density at radius 2 is 2.05 bits per heavy atom. The number of nitrogens with two attached hydrogens (primary N) is 1. The third kappa shape index (κ3) is 3.94. The summed E-state index contributed by atoms with van der Waals surface area (Å²) in [6, 6.07) is 3.00. The van der Waals surface area contributed by atoms with Crippen LogP contribution in [0.15, 0.2) is 21.5 Å². The quantitative estimate of drug-likeness (QED) is 0.766. The van der Waals surface area contributed by atoms with Crippen molar-refractivity contribution in [1.82, 2.24) is 9.62 Å². The van der Waals surface area contributed by atoms with E-state index in [0.29, 0.717) is 22.3 Å². The van der Waals surface area contributed by atoms with E-state index in [2.05, 4.69) is 20.7 Å². The van der Waals surface area contributed by atoms with Crippen molar-refractivity contribution in [1.29, 1.82) is 0 Å². The lowest BCUT2D eigenvalue weighted by molar-refractivity contribution is -0.128. The number of nitrogen functional groups attached to an aromatic ring is 1. The Kier molecular flexibility index (Phi) is 5.55. The number of halogens is 1. The lowest BCUT2D eigenvalue weighted by atomic mass is 10.2. The fourth-order valence-electron chi connectivity index (χ4n) is 1.50. The van der Waals surface area contributed by atoms with Gasteiger partial charge in [-0.2, -0.15) is 0 Å². The van der Waals surface area contributed by atoms with Crippen molar-refractivity contribution in [3.8, 4) is 0 Å². The second-order valence-electron chi connectivity index (χ2n) is 4.37. The van der Waals surface area contributed by atoms with E-state index in [1.165, 1.54) is 11.0 Å². The Labute approximate surface area is 127 Å². The molecule has 0 atom stereocenters. The zero-order valence-corrected chi connectivity index (χ0v) is 14.0. The normalized spacial score (nSPS) is 11.4. The molecule has 0 saturated heterocycles. The van der Waals surface area contributed by atoms with Crippen molar-refractivity contribution in [2.75, 3.05) is 25.9 Å². The number of carbonyl (C=O) groups is 1. The first-order chi connectivity index (χ1) is 9.19. The van der Waals surface area contributed by atoms with Gasteiger partial charge >= 0.3 is 0 Å². The molecule has 0 aromatic heterocycles. The van der Waals surface area contributed by atoms with Crippen molar-refractivity contribution in [2.24, 2.45) is 0 Å². The first-order valence-electron chi connectivity index (χ1n) is 5.98. The van der Waals surface area contributed by atoms with Crippen LogP contribution in [0, 0.1) is 6.92 Å². The van der Waals surface area contributed by atoms with Crippen LogP contribution in [0.5, 0.6) is 0 Å². The summed E-state index contributed by atoms with van der Waals surface area (Å²) in [7, 11) is -2.15. The topological polar surface area (TPSA) is 92.5 Å². The average molecular weight is 364 g/mol. The predicted molar refractivity (Wildman–Crippen MR) is 81.8 cm³/mol. The van der Waals surface area contributed by atoms with Gasteiger partial charge < -0.3 is 10.6 Å². The highest BCUT2D eigenvalue weighted by Crippen LogP contribution is 2.26. The van der Waals surface area contributed by atoms with Gasteiger partial charge in [-0.25, -0.2) is 13.1 Å². The van der Waals surface area contributed by atoms with Gasteiger partial charge in [-0.05, 0) is 47.5 Å². The Morgan fingerprint density at radius 1 is 1.45 bits per heavy atom. The summed E-state index contributed by atoms with van der Waals surface area (Å²) < 4.78 is 27.3. The van der Waals surface area contributed by atoms with Crippen LogP contribution in [0.4, 0.5) is 5.69 Å². The van der Waals surface area contributed by atoms with Crippen LogP contribution in [0.1, 0.15) is 12.5 Å². The van der Waals surface area contributed by atoms with Crippen molar-refractivity contribution >= 4 is 37.5 Å². The molecule has 1 aromatic carbocycles. The van der Waals surface area contributed by atoms with E-state index < -0.39 is 10.0 Å². The zero-order valence-electron chi connectivity index (χ0n) is 11.6. The predicted octanol–water partition coefficient (Wildman–Crippen LogP) is 1.10. The van der Waals surface area contributed by atoms with Gasteiger partial charge in [0.15, 0.2) is 0 Å². The second-order valence-corrected chi connectivity index (χ2v) is 6.96. The zero-order chi connectivity index (χ0) is 15.5. The molecule has 0 heterocycles. The molecule has 0 radical (unpaired) electrons. The molecule has 1 rings (SSSR count). The number of anilines is 1. The molecule has 1 aromatic rings. The molecule has 3 N–H and O–H groups in total. The van der Waals surface area contributed by atoms with Crippen LogP contribution in [0.2, 0.25) is 0 Å². The molecule has 6 nitrogen and oxygen atoms in total. The summed E-state index contributed by atoms with van der Waals surface area (Å²) in [5.41, 5.74) is 6.58. The SMILES string of the molecule is CCN(C)C(=O)CNS(=O)(=O)c1cc(N)c(Br)cc1C. The highest BCUT2D eigenvalue weighted by Gasteiger charge is 2.20. The van der Waals surface area contributed by atoms with E-state index >= 15 is 0 Å². The fourth-order valence-corrected chi connectivity index (χ4v) is 3.20. The molecule has 20 heavy (non-hydrogen) atoms. The van der Waals surface area contributed by atoms with E-state index in [9.17, 15) is 13.2 Å². The van der Waals surface area contributed by atoms with Gasteiger partial charge in [0.2, 0.25) is 15.9 Å². The van der Waals surface area contributed by atoms with Gasteiger partial charge in [0.05, 0.1) is 11.4 Å². The Morgan fingerprint density at radius 3 is 2.60 bits per heavy atom. The lowest BCUT2D eigenvalue weighted by Crippen LogP contribution is -2.38. The number of hydrogen-bond donors (Lipinski definition) is 2. The average Bonchev–Trinajstić information content (AvgIpc) is 2.39. The van der Waals surface area contributed by atoms with Crippen LogP contribution >= 0.6 is 15.9 Å². The number of likely N-dealkylation sites (N-methyl/N-ethyl adjacent to an activating group) is 1. The Hall–Kier alpha value is -1.12. The first-order valence-corrected chi connectivity index (χ1v) is 8.26. The monoisotopic (exact) mass is 363 g/mol. The summed E-state index contributed by atoms with van der Waals surface area (Å²) in [4.78, 5) is 13.1. The third-order valence-corrected chi connectivity index (χ3v) is 5.13. The highest BCUT2D eigenvalue weighted by atomic mass is 79.9. The van der Waals surface area contributed by atoms with Crippen LogP contribution < -0.4 is 10.5 Å². The van der Waals surface area contributed by atoms with Crippen LogP contribution in [0.3, 0.4) is 0 Å². The van der Waals surface area contributed by atoms with Crippen molar-refractivity contribution < 1.29 is 13.2 Å². The number of sulfonamides is 1. The van der Waals surface area contributed by atoms with Gasteiger partial charge in [-0.15, -0.1) is 0 Å². The minimum Gasteiger partial charge on any atom is -0.398 e. The molecule has 1 amide bonds. The number of carbonyl (C=O) groups excluding carboxylic acids is 1. The molecule has 0 aliphatic heterocycles. The number of hydrogen-bond acceptors (Lipinski definition) is 4. The number of amides is 1. The molecule has 112 valence electrons. The number of nitrogens with one attached hydrogen (secondary N) is 1. The fraction of sp³-hybridized carbons (Fsp3) is 0.417. The minimum absolute atomic E-state index is 0.0742. The van der Waals surface area contributed by atoms with Crippen molar-refractivity contribution in [2.45, 2.75) is 18.7 Å². The molecule has 0 aliphatic carbocycles. The van der Waals surface area contributed by atoms with Crippen molar-refractivity contribution in [3.63, 3.8) is 0 Å². The maximum atomic E-state index is 12.2. The van der Waals surface area contributed by atoms with Crippen LogP contribution in [-0.2, 0) is 14.8 Å². The molecule has 0 bridgehead atoms. The van der Waals surface area contributed by atoms with E-state index in [-0.39, 0.29) is 17.3 Å². The van der Waals surface area contributed by atoms with Gasteiger partial charge in [-0.1, -0.05) is 0 Å². The van der Waals surface area contributed by atoms with Crippen molar-refractivity contribution in [3.05, 3.63) is 22.2 Å². The lowest BCUT2D eigenvalue weighted by Gasteiger charge is -2.15. The second kappa shape index (κ2) is 6.55. The van der Waals surface area contributed by atoms with Gasteiger partial charge in [0.1, 0.15) is 0 Å². The molecular weight excluding hydrogens is 346 g/mol. The van der Waals surface area contributed by atoms with Gasteiger partial charge in [0, 0.05) is 23.8 Å².